The second-order valence-corrected chi connectivity index (χ2v) is 6.71. The molecule has 0 saturated heterocycles. The van der Waals surface area contributed by atoms with Crippen LogP contribution in [0.5, 0.6) is 0 Å². The Kier molecular flexibility index (Phi) is 5.01. The van der Waals surface area contributed by atoms with Crippen molar-refractivity contribution in [3.05, 3.63) is 97.1 Å². The van der Waals surface area contributed by atoms with Crippen molar-refractivity contribution in [2.24, 2.45) is 0 Å². The maximum absolute atomic E-state index is 9.61. The Morgan fingerprint density at radius 3 is 2.68 bits per heavy atom. The molecule has 0 aliphatic rings. The molecule has 2 aromatic heterocycles. The summed E-state index contributed by atoms with van der Waals surface area (Å²) in [5.41, 5.74) is 4.58. The molecule has 0 unspecified atom stereocenters. The van der Waals surface area contributed by atoms with Crippen LogP contribution in [0.4, 0.5) is 0 Å². The molecule has 28 heavy (non-hydrogen) atoms. The van der Waals surface area contributed by atoms with Crippen molar-refractivity contribution in [3.8, 4) is 11.4 Å². The van der Waals surface area contributed by atoms with Gasteiger partial charge < -0.3 is 10.0 Å². The number of aryl methyl sites for hydroxylation is 1. The van der Waals surface area contributed by atoms with E-state index >= 15 is 0 Å². The highest BCUT2D eigenvalue weighted by molar-refractivity contribution is 6.59. The molecule has 2 N–H and O–H groups in total. The summed E-state index contributed by atoms with van der Waals surface area (Å²) < 4.78 is 5.85. The summed E-state index contributed by atoms with van der Waals surface area (Å²) in [6.45, 7) is 2.85. The Bertz CT molecular complexity index is 1110. The van der Waals surface area contributed by atoms with Gasteiger partial charge >= 0.3 is 7.12 Å². The molecule has 4 rings (SSSR count). The van der Waals surface area contributed by atoms with Crippen LogP contribution in [0, 0.1) is 6.92 Å². The van der Waals surface area contributed by atoms with E-state index < -0.39 is 7.12 Å². The van der Waals surface area contributed by atoms with Gasteiger partial charge in [-0.1, -0.05) is 47.4 Å². The number of rotatable bonds is 5. The fourth-order valence-electron chi connectivity index (χ4n) is 3.23. The monoisotopic (exact) mass is 372 g/mol. The van der Waals surface area contributed by atoms with Gasteiger partial charge in [0.05, 0.1) is 0 Å². The molecule has 0 fully saturated rings. The third-order valence-electron chi connectivity index (χ3n) is 4.76. The second kappa shape index (κ2) is 7.76. The molecule has 0 radical (unpaired) electrons. The van der Waals surface area contributed by atoms with Crippen molar-refractivity contribution in [2.45, 2.75) is 13.5 Å². The van der Waals surface area contributed by atoms with E-state index in [9.17, 15) is 10.0 Å². The Morgan fingerprint density at radius 2 is 1.86 bits per heavy atom. The fraction of sp³-hybridized carbons (Fsp3) is 0.0952. The lowest BCUT2D eigenvalue weighted by Crippen LogP contribution is -2.42. The SMILES string of the molecule is Cc1ccccc1C[n+]1cncc(-n2cc[n+](-c3ccccc3B(O)O)c2)c1. The van der Waals surface area contributed by atoms with E-state index in [0.29, 0.717) is 11.2 Å². The maximum atomic E-state index is 9.61. The molecule has 0 saturated carbocycles. The predicted molar refractivity (Wildman–Crippen MR) is 105 cm³/mol. The molecule has 0 spiro atoms. The average Bonchev–Trinajstić information content (AvgIpc) is 3.20. The first-order chi connectivity index (χ1) is 13.6. The highest BCUT2D eigenvalue weighted by Gasteiger charge is 2.21. The quantitative estimate of drug-likeness (QED) is 0.396. The molecule has 7 heteroatoms. The first kappa shape index (κ1) is 18.1. The molecule has 2 aromatic carbocycles. The van der Waals surface area contributed by atoms with Gasteiger partial charge in [-0.15, -0.1) is 0 Å². The summed E-state index contributed by atoms with van der Waals surface area (Å²) in [7, 11) is -1.53. The van der Waals surface area contributed by atoms with Crippen molar-refractivity contribution in [1.82, 2.24) is 9.55 Å². The van der Waals surface area contributed by atoms with Crippen LogP contribution in [0.1, 0.15) is 11.1 Å². The summed E-state index contributed by atoms with van der Waals surface area (Å²) in [4.78, 5) is 4.37. The van der Waals surface area contributed by atoms with Gasteiger partial charge in [-0.3, -0.25) is 0 Å². The summed E-state index contributed by atoms with van der Waals surface area (Å²) >= 11 is 0. The van der Waals surface area contributed by atoms with E-state index in [1.165, 1.54) is 11.1 Å². The van der Waals surface area contributed by atoms with Crippen LogP contribution in [0.2, 0.25) is 0 Å². The Labute approximate surface area is 163 Å². The summed E-state index contributed by atoms with van der Waals surface area (Å²) in [5.74, 6) is 0. The maximum Gasteiger partial charge on any atom is 0.492 e. The fourth-order valence-corrected chi connectivity index (χ4v) is 3.23. The van der Waals surface area contributed by atoms with Gasteiger partial charge in [0, 0.05) is 5.46 Å². The lowest BCUT2D eigenvalue weighted by molar-refractivity contribution is -0.691. The van der Waals surface area contributed by atoms with Crippen molar-refractivity contribution < 1.29 is 19.2 Å². The molecular weight excluding hydrogens is 351 g/mol. The highest BCUT2D eigenvalue weighted by Crippen LogP contribution is 2.07. The average molecular weight is 372 g/mol. The molecule has 0 aliphatic carbocycles. The third-order valence-corrected chi connectivity index (χ3v) is 4.76. The molecule has 4 aromatic rings. The number of hydrogen-bond acceptors (Lipinski definition) is 3. The number of hydrogen-bond donors (Lipinski definition) is 2. The standard InChI is InChI=1S/C21H21BN4O2/c1-17-6-2-3-7-18(17)13-24-14-19(12-23-15-24)25-10-11-26(16-25)21-9-5-4-8-20(21)22(27)28/h2-12,14-16,27-28H,13H2,1H3/q+2. The molecule has 6 nitrogen and oxygen atoms in total. The van der Waals surface area contributed by atoms with Gasteiger partial charge in [0.25, 0.3) is 12.7 Å². The largest absolute Gasteiger partial charge is 0.492 e. The van der Waals surface area contributed by atoms with Gasteiger partial charge in [0.15, 0.2) is 6.20 Å². The lowest BCUT2D eigenvalue weighted by atomic mass is 9.79. The molecule has 0 aliphatic heterocycles. The Morgan fingerprint density at radius 1 is 1.07 bits per heavy atom. The first-order valence-corrected chi connectivity index (χ1v) is 9.05. The number of imidazole rings is 1. The zero-order chi connectivity index (χ0) is 19.5. The van der Waals surface area contributed by atoms with Crippen LogP contribution in [-0.4, -0.2) is 26.7 Å². The van der Waals surface area contributed by atoms with Gasteiger partial charge in [-0.25, -0.2) is 9.13 Å². The number of nitrogens with zero attached hydrogens (tertiary/aromatic N) is 4. The van der Waals surface area contributed by atoms with Crippen LogP contribution in [0.3, 0.4) is 0 Å². The molecule has 0 bridgehead atoms. The molecule has 138 valence electrons. The molecule has 0 amide bonds. The van der Waals surface area contributed by atoms with Crippen LogP contribution < -0.4 is 14.6 Å². The minimum absolute atomic E-state index is 0.450. The molecule has 0 atom stereocenters. The van der Waals surface area contributed by atoms with Crippen LogP contribution in [-0.2, 0) is 6.54 Å². The van der Waals surface area contributed by atoms with Crippen LogP contribution in [0.25, 0.3) is 11.4 Å². The van der Waals surface area contributed by atoms with E-state index in [1.54, 1.807) is 18.3 Å². The zero-order valence-corrected chi connectivity index (χ0v) is 15.6. The van der Waals surface area contributed by atoms with Gasteiger partial charge in [-0.05, 0) is 24.1 Å². The normalized spacial score (nSPS) is 10.8. The summed E-state index contributed by atoms with van der Waals surface area (Å²) in [6, 6.07) is 15.5. The Balaban J connectivity index is 1.64. The van der Waals surface area contributed by atoms with E-state index in [2.05, 4.69) is 24.0 Å². The Hall–Kier alpha value is -3.29. The lowest BCUT2D eigenvalue weighted by Gasteiger charge is -2.04. The van der Waals surface area contributed by atoms with Crippen molar-refractivity contribution in [2.75, 3.05) is 0 Å². The van der Waals surface area contributed by atoms with Crippen LogP contribution >= 0.6 is 0 Å². The van der Waals surface area contributed by atoms with E-state index in [4.69, 9.17) is 0 Å². The predicted octanol–water partition coefficient (Wildman–Crippen LogP) is 0.473. The summed E-state index contributed by atoms with van der Waals surface area (Å²) in [5, 5.41) is 19.2. The van der Waals surface area contributed by atoms with E-state index in [1.807, 2.05) is 69.2 Å². The van der Waals surface area contributed by atoms with Crippen LogP contribution in [0.15, 0.2) is 86.0 Å². The second-order valence-electron chi connectivity index (χ2n) is 6.71. The smallest absolute Gasteiger partial charge is 0.423 e. The summed E-state index contributed by atoms with van der Waals surface area (Å²) in [6.07, 6.45) is 11.3. The minimum Gasteiger partial charge on any atom is -0.423 e. The van der Waals surface area contributed by atoms with Gasteiger partial charge in [-0.2, -0.15) is 4.57 Å². The highest BCUT2D eigenvalue weighted by atomic mass is 16.4. The number of para-hydroxylation sites is 1. The van der Waals surface area contributed by atoms with E-state index in [0.717, 1.165) is 12.2 Å². The van der Waals surface area contributed by atoms with Gasteiger partial charge in [0.1, 0.15) is 30.8 Å². The first-order valence-electron chi connectivity index (χ1n) is 9.05. The van der Waals surface area contributed by atoms with Crippen molar-refractivity contribution in [1.29, 1.82) is 0 Å². The number of aromatic nitrogens is 4. The molecule has 2 heterocycles. The van der Waals surface area contributed by atoms with Crippen molar-refractivity contribution in [3.63, 3.8) is 0 Å². The zero-order valence-electron chi connectivity index (χ0n) is 15.6. The third kappa shape index (κ3) is 3.71. The van der Waals surface area contributed by atoms with Gasteiger partial charge in [0.2, 0.25) is 5.69 Å². The minimum atomic E-state index is -1.53. The molecular formula is C21H21BN4O2+2. The van der Waals surface area contributed by atoms with Crippen molar-refractivity contribution >= 4 is 12.6 Å². The van der Waals surface area contributed by atoms with E-state index in [-0.39, 0.29) is 0 Å². The number of benzene rings is 2. The topological polar surface area (TPSA) is 66.0 Å².